The van der Waals surface area contributed by atoms with E-state index in [0.29, 0.717) is 11.9 Å². The second-order valence-corrected chi connectivity index (χ2v) is 8.24. The molecule has 0 spiro atoms. The molecular formula is C17H19F3N4O5S. The zero-order valence-electron chi connectivity index (χ0n) is 15.7. The number of aliphatic hydroxyl groups is 1. The number of alkyl halides is 3. The zero-order chi connectivity index (χ0) is 21.9. The first-order chi connectivity index (χ1) is 14.1. The van der Waals surface area contributed by atoms with Crippen LogP contribution in [0.4, 0.5) is 24.8 Å². The fourth-order valence-corrected chi connectivity index (χ4v) is 3.39. The minimum absolute atomic E-state index is 0.0152. The van der Waals surface area contributed by atoms with Crippen LogP contribution in [0.1, 0.15) is 12.0 Å². The lowest BCUT2D eigenvalue weighted by Gasteiger charge is -2.28. The quantitative estimate of drug-likeness (QED) is 0.610. The molecule has 164 valence electrons. The van der Waals surface area contributed by atoms with E-state index >= 15 is 0 Å². The summed E-state index contributed by atoms with van der Waals surface area (Å²) in [5.41, 5.74) is -0.830. The predicted molar refractivity (Wildman–Crippen MR) is 98.9 cm³/mol. The molecule has 9 nitrogen and oxygen atoms in total. The number of nitrogens with one attached hydrogen (secondary N) is 2. The molecule has 3 rings (SSSR count). The molecule has 0 amide bonds. The Balaban J connectivity index is 1.85. The second-order valence-electron chi connectivity index (χ2n) is 6.35. The first-order valence-electron chi connectivity index (χ1n) is 8.77. The molecule has 13 heteroatoms. The third-order valence-electron chi connectivity index (χ3n) is 4.28. The Morgan fingerprint density at radius 2 is 1.97 bits per heavy atom. The Bertz CT molecular complexity index is 986. The van der Waals surface area contributed by atoms with Crippen molar-refractivity contribution >= 4 is 21.7 Å². The van der Waals surface area contributed by atoms with E-state index in [-0.39, 0.29) is 30.5 Å². The summed E-state index contributed by atoms with van der Waals surface area (Å²) < 4.78 is 76.0. The van der Waals surface area contributed by atoms with Gasteiger partial charge in [0.15, 0.2) is 0 Å². The highest BCUT2D eigenvalue weighted by molar-refractivity contribution is 7.89. The summed E-state index contributed by atoms with van der Waals surface area (Å²) in [7, 11) is -2.35. The SMILES string of the molecule is CNS(=O)(=O)c1ccc(Nc2ncc(C(F)(F)F)c(OC3CCOCC3O)n2)cc1. The summed E-state index contributed by atoms with van der Waals surface area (Å²) in [6, 6.07) is 5.45. The van der Waals surface area contributed by atoms with Crippen LogP contribution in [0.3, 0.4) is 0 Å². The summed E-state index contributed by atoms with van der Waals surface area (Å²) in [5, 5.41) is 12.6. The topological polar surface area (TPSA) is 123 Å². The van der Waals surface area contributed by atoms with Crippen LogP contribution in [0, 0.1) is 0 Å². The van der Waals surface area contributed by atoms with Crippen molar-refractivity contribution in [2.24, 2.45) is 0 Å². The Kier molecular flexibility index (Phi) is 6.45. The number of ether oxygens (including phenoxy) is 2. The van der Waals surface area contributed by atoms with E-state index in [9.17, 15) is 26.7 Å². The molecule has 2 unspecified atom stereocenters. The maximum Gasteiger partial charge on any atom is 0.423 e. The summed E-state index contributed by atoms with van der Waals surface area (Å²) >= 11 is 0. The van der Waals surface area contributed by atoms with Crippen molar-refractivity contribution in [2.75, 3.05) is 25.6 Å². The highest BCUT2D eigenvalue weighted by atomic mass is 32.2. The molecule has 1 aromatic heterocycles. The molecule has 2 atom stereocenters. The monoisotopic (exact) mass is 448 g/mol. The molecule has 1 fully saturated rings. The summed E-state index contributed by atoms with van der Waals surface area (Å²) in [6.45, 7) is 0.186. The van der Waals surface area contributed by atoms with Crippen molar-refractivity contribution in [2.45, 2.75) is 29.7 Å². The second kappa shape index (κ2) is 8.71. The van der Waals surface area contributed by atoms with E-state index in [2.05, 4.69) is 20.0 Å². The third-order valence-corrected chi connectivity index (χ3v) is 5.71. The largest absolute Gasteiger partial charge is 0.471 e. The highest BCUT2D eigenvalue weighted by Gasteiger charge is 2.38. The highest BCUT2D eigenvalue weighted by Crippen LogP contribution is 2.36. The molecule has 1 aliphatic heterocycles. The minimum Gasteiger partial charge on any atom is -0.471 e. The number of aromatic nitrogens is 2. The lowest BCUT2D eigenvalue weighted by Crippen LogP contribution is -2.41. The van der Waals surface area contributed by atoms with Crippen LogP contribution in [-0.4, -0.2) is 56.0 Å². The first-order valence-corrected chi connectivity index (χ1v) is 10.3. The van der Waals surface area contributed by atoms with Gasteiger partial charge in [-0.2, -0.15) is 18.2 Å². The van der Waals surface area contributed by atoms with Crippen LogP contribution in [0.5, 0.6) is 5.88 Å². The van der Waals surface area contributed by atoms with Crippen molar-refractivity contribution in [3.05, 3.63) is 36.0 Å². The lowest BCUT2D eigenvalue weighted by atomic mass is 10.1. The number of rotatable bonds is 6. The van der Waals surface area contributed by atoms with Gasteiger partial charge in [-0.1, -0.05) is 0 Å². The summed E-state index contributed by atoms with van der Waals surface area (Å²) in [6.07, 6.45) is -5.97. The number of sulfonamides is 1. The molecule has 2 aromatic rings. The van der Waals surface area contributed by atoms with E-state index in [0.717, 1.165) is 0 Å². The van der Waals surface area contributed by atoms with Gasteiger partial charge in [-0.05, 0) is 31.3 Å². The van der Waals surface area contributed by atoms with Gasteiger partial charge in [0.1, 0.15) is 17.8 Å². The van der Waals surface area contributed by atoms with Gasteiger partial charge in [0.25, 0.3) is 0 Å². The molecule has 3 N–H and O–H groups in total. The number of nitrogens with zero attached hydrogens (tertiary/aromatic N) is 2. The van der Waals surface area contributed by atoms with Crippen molar-refractivity contribution in [3.8, 4) is 5.88 Å². The first kappa shape index (κ1) is 22.2. The van der Waals surface area contributed by atoms with Gasteiger partial charge in [0.2, 0.25) is 21.9 Å². The number of benzene rings is 1. The third kappa shape index (κ3) is 5.16. The number of aliphatic hydroxyl groups excluding tert-OH is 1. The Hall–Kier alpha value is -2.48. The predicted octanol–water partition coefficient (Wildman–Crippen LogP) is 1.68. The zero-order valence-corrected chi connectivity index (χ0v) is 16.5. The van der Waals surface area contributed by atoms with Crippen molar-refractivity contribution in [3.63, 3.8) is 0 Å². The summed E-state index contributed by atoms with van der Waals surface area (Å²) in [4.78, 5) is 7.48. The van der Waals surface area contributed by atoms with Gasteiger partial charge in [-0.25, -0.2) is 18.1 Å². The fourth-order valence-electron chi connectivity index (χ4n) is 2.66. The normalized spacial score (nSPS) is 20.0. The van der Waals surface area contributed by atoms with Crippen LogP contribution in [0.2, 0.25) is 0 Å². The Labute approximate surface area is 170 Å². The van der Waals surface area contributed by atoms with Gasteiger partial charge < -0.3 is 19.9 Å². The molecule has 0 radical (unpaired) electrons. The van der Waals surface area contributed by atoms with Crippen LogP contribution in [0.25, 0.3) is 0 Å². The number of halogens is 3. The standard InChI is InChI=1S/C17H19F3N4O5S/c1-21-30(26,27)11-4-2-10(3-5-11)23-16-22-8-12(17(18,19)20)15(24-16)29-14-6-7-28-9-13(14)25/h2-5,8,13-14,21,25H,6-7,9H2,1H3,(H,22,23,24). The van der Waals surface area contributed by atoms with E-state index in [1.165, 1.54) is 31.3 Å². The average Bonchev–Trinajstić information content (AvgIpc) is 2.69. The van der Waals surface area contributed by atoms with Gasteiger partial charge in [0, 0.05) is 18.3 Å². The van der Waals surface area contributed by atoms with E-state index in [1.807, 2.05) is 0 Å². The molecular weight excluding hydrogens is 429 g/mol. The van der Waals surface area contributed by atoms with Gasteiger partial charge in [-0.3, -0.25) is 0 Å². The van der Waals surface area contributed by atoms with E-state index in [1.54, 1.807) is 0 Å². The van der Waals surface area contributed by atoms with Crippen LogP contribution >= 0.6 is 0 Å². The van der Waals surface area contributed by atoms with E-state index < -0.39 is 39.9 Å². The molecule has 0 bridgehead atoms. The van der Waals surface area contributed by atoms with Gasteiger partial charge in [-0.15, -0.1) is 0 Å². The maximum atomic E-state index is 13.3. The molecule has 2 heterocycles. The van der Waals surface area contributed by atoms with Crippen LogP contribution in [0.15, 0.2) is 35.4 Å². The molecule has 30 heavy (non-hydrogen) atoms. The number of anilines is 2. The number of hydrogen-bond acceptors (Lipinski definition) is 8. The van der Waals surface area contributed by atoms with Crippen LogP contribution in [-0.2, 0) is 20.9 Å². The Morgan fingerprint density at radius 1 is 1.27 bits per heavy atom. The lowest BCUT2D eigenvalue weighted by molar-refractivity contribution is -0.141. The maximum absolute atomic E-state index is 13.3. The fraction of sp³-hybridized carbons (Fsp3) is 0.412. The smallest absolute Gasteiger partial charge is 0.423 e. The minimum atomic E-state index is -4.76. The molecule has 1 aliphatic rings. The summed E-state index contributed by atoms with van der Waals surface area (Å²) in [5.74, 6) is -0.913. The van der Waals surface area contributed by atoms with Crippen molar-refractivity contribution in [1.29, 1.82) is 0 Å². The van der Waals surface area contributed by atoms with E-state index in [4.69, 9.17) is 9.47 Å². The van der Waals surface area contributed by atoms with Crippen molar-refractivity contribution in [1.82, 2.24) is 14.7 Å². The number of hydrogen-bond donors (Lipinski definition) is 3. The Morgan fingerprint density at radius 3 is 2.57 bits per heavy atom. The molecule has 0 aliphatic carbocycles. The van der Waals surface area contributed by atoms with Gasteiger partial charge >= 0.3 is 6.18 Å². The van der Waals surface area contributed by atoms with Crippen LogP contribution < -0.4 is 14.8 Å². The average molecular weight is 448 g/mol. The molecule has 0 saturated carbocycles. The van der Waals surface area contributed by atoms with Crippen molar-refractivity contribution < 1.29 is 36.2 Å². The van der Waals surface area contributed by atoms with Gasteiger partial charge in [0.05, 0.1) is 18.1 Å². The molecule has 1 saturated heterocycles. The molecule has 1 aromatic carbocycles.